The lowest BCUT2D eigenvalue weighted by Crippen LogP contribution is -2.73. The van der Waals surface area contributed by atoms with Crippen molar-refractivity contribution in [3.8, 4) is 0 Å². The molecule has 0 spiro atoms. The summed E-state index contributed by atoms with van der Waals surface area (Å²) < 4.78 is 0. The van der Waals surface area contributed by atoms with Crippen LogP contribution in [0.5, 0.6) is 0 Å². The van der Waals surface area contributed by atoms with E-state index in [0.717, 1.165) is 38.5 Å². The Hall–Kier alpha value is -0.530. The average Bonchev–Trinajstić information content (AvgIpc) is 2.67. The smallest absolute Gasteiger partial charge is 0.154 e. The summed E-state index contributed by atoms with van der Waals surface area (Å²) in [6.07, 6.45) is 5.04. The van der Waals surface area contributed by atoms with Crippen LogP contribution in [0.25, 0.3) is 0 Å². The first kappa shape index (κ1) is 26.5. The van der Waals surface area contributed by atoms with Gasteiger partial charge < -0.3 is 30.3 Å². The maximum Gasteiger partial charge on any atom is 0.154 e. The Kier molecular flexibility index (Phi) is 12.6. The van der Waals surface area contributed by atoms with Gasteiger partial charge in [-0.15, -0.1) is 0 Å². The van der Waals surface area contributed by atoms with Crippen molar-refractivity contribution < 1.29 is 30.3 Å². The summed E-state index contributed by atoms with van der Waals surface area (Å²) in [4.78, 5) is 11.9. The summed E-state index contributed by atoms with van der Waals surface area (Å²) >= 11 is 0. The molecule has 0 aliphatic rings. The monoisotopic (exact) mass is 390 g/mol. The third kappa shape index (κ3) is 6.50. The maximum absolute atomic E-state index is 11.9. The molecule has 0 saturated heterocycles. The highest BCUT2D eigenvalue weighted by molar-refractivity contribution is 5.65. The SMILES string of the molecule is CCCCCC(O)(C=O)C(O)(CCCCC)C(O)(CCCCC)C(O)CO. The van der Waals surface area contributed by atoms with Crippen molar-refractivity contribution in [3.63, 3.8) is 0 Å². The second-order valence-corrected chi connectivity index (χ2v) is 7.90. The molecule has 0 aromatic rings. The first-order chi connectivity index (χ1) is 12.7. The first-order valence-electron chi connectivity index (χ1n) is 10.6. The summed E-state index contributed by atoms with van der Waals surface area (Å²) in [5.41, 5.74) is -6.60. The lowest BCUT2D eigenvalue weighted by atomic mass is 9.63. The van der Waals surface area contributed by atoms with Gasteiger partial charge in [0, 0.05) is 0 Å². The Balaban J connectivity index is 6.01. The first-order valence-corrected chi connectivity index (χ1v) is 10.6. The Morgan fingerprint density at radius 2 is 1.22 bits per heavy atom. The van der Waals surface area contributed by atoms with E-state index in [1.807, 2.05) is 20.8 Å². The molecule has 4 unspecified atom stereocenters. The van der Waals surface area contributed by atoms with Gasteiger partial charge in [-0.25, -0.2) is 0 Å². The molecule has 0 fully saturated rings. The number of carbonyl (C=O) groups is 1. The van der Waals surface area contributed by atoms with E-state index < -0.39 is 29.5 Å². The molecule has 0 aliphatic carbocycles. The second kappa shape index (κ2) is 12.8. The summed E-state index contributed by atoms with van der Waals surface area (Å²) in [6, 6.07) is 0. The molecule has 5 N–H and O–H groups in total. The van der Waals surface area contributed by atoms with Crippen molar-refractivity contribution in [2.24, 2.45) is 0 Å². The van der Waals surface area contributed by atoms with Crippen molar-refractivity contribution >= 4 is 6.29 Å². The fraction of sp³-hybridized carbons (Fsp3) is 0.952. The molecule has 0 saturated carbocycles. The molecule has 0 aromatic heterocycles. The topological polar surface area (TPSA) is 118 Å². The highest BCUT2D eigenvalue weighted by atomic mass is 16.4. The van der Waals surface area contributed by atoms with E-state index in [1.54, 1.807) is 0 Å². The zero-order chi connectivity index (χ0) is 21.0. The molecule has 0 radical (unpaired) electrons. The van der Waals surface area contributed by atoms with Gasteiger partial charge in [0.2, 0.25) is 0 Å². The van der Waals surface area contributed by atoms with E-state index in [0.29, 0.717) is 25.5 Å². The van der Waals surface area contributed by atoms with Crippen molar-refractivity contribution in [1.82, 2.24) is 0 Å². The van der Waals surface area contributed by atoms with Gasteiger partial charge in [0.25, 0.3) is 0 Å². The number of rotatable bonds is 17. The lowest BCUT2D eigenvalue weighted by molar-refractivity contribution is -0.274. The number of unbranched alkanes of at least 4 members (excludes halogenated alkanes) is 6. The minimum Gasteiger partial charge on any atom is -0.394 e. The van der Waals surface area contributed by atoms with Gasteiger partial charge in [-0.3, -0.25) is 0 Å². The van der Waals surface area contributed by atoms with Crippen molar-refractivity contribution in [3.05, 3.63) is 0 Å². The summed E-state index contributed by atoms with van der Waals surface area (Å²) in [5.74, 6) is 0. The average molecular weight is 391 g/mol. The molecule has 0 bridgehead atoms. The molecule has 0 amide bonds. The maximum atomic E-state index is 11.9. The number of hydrogen-bond donors (Lipinski definition) is 5. The van der Waals surface area contributed by atoms with Gasteiger partial charge in [0.1, 0.15) is 17.3 Å². The number of carbonyl (C=O) groups excluding carboxylic acids is 1. The fourth-order valence-corrected chi connectivity index (χ4v) is 3.89. The van der Waals surface area contributed by atoms with Crippen molar-refractivity contribution in [2.75, 3.05) is 6.61 Å². The van der Waals surface area contributed by atoms with E-state index in [9.17, 15) is 30.3 Å². The predicted octanol–water partition coefficient (Wildman–Crippen LogP) is 2.47. The number of hydrogen-bond acceptors (Lipinski definition) is 6. The van der Waals surface area contributed by atoms with Crippen LogP contribution in [0.2, 0.25) is 0 Å². The Morgan fingerprint density at radius 3 is 1.63 bits per heavy atom. The van der Waals surface area contributed by atoms with E-state index in [2.05, 4.69) is 0 Å². The standard InChI is InChI=1S/C21H42O6/c1-4-7-10-13-19(25,17-23)21(27,15-12-9-6-3)20(26,18(24)16-22)14-11-8-5-2/h17-18,22,24-27H,4-16H2,1-3H3. The largest absolute Gasteiger partial charge is 0.394 e. The molecule has 6 nitrogen and oxygen atoms in total. The third-order valence-electron chi connectivity index (χ3n) is 5.82. The molecule has 0 heterocycles. The van der Waals surface area contributed by atoms with E-state index in [1.165, 1.54) is 0 Å². The van der Waals surface area contributed by atoms with Crippen LogP contribution in [0, 0.1) is 0 Å². The van der Waals surface area contributed by atoms with Crippen LogP contribution in [0.15, 0.2) is 0 Å². The third-order valence-corrected chi connectivity index (χ3v) is 5.82. The Bertz CT molecular complexity index is 404. The van der Waals surface area contributed by atoms with Crippen LogP contribution in [0.1, 0.15) is 97.8 Å². The highest BCUT2D eigenvalue weighted by Gasteiger charge is 2.63. The summed E-state index contributed by atoms with van der Waals surface area (Å²) in [5, 5.41) is 54.0. The fourth-order valence-electron chi connectivity index (χ4n) is 3.89. The molecule has 162 valence electrons. The second-order valence-electron chi connectivity index (χ2n) is 7.90. The molecule has 4 atom stereocenters. The van der Waals surface area contributed by atoms with Gasteiger partial charge in [-0.2, -0.15) is 0 Å². The van der Waals surface area contributed by atoms with Gasteiger partial charge in [0.05, 0.1) is 6.61 Å². The van der Waals surface area contributed by atoms with Crippen LogP contribution in [-0.4, -0.2) is 61.3 Å². The predicted molar refractivity (Wildman–Crippen MR) is 106 cm³/mol. The Labute approximate surface area is 164 Å². The van der Waals surface area contributed by atoms with Crippen LogP contribution in [0.3, 0.4) is 0 Å². The quantitative estimate of drug-likeness (QED) is 0.192. The highest BCUT2D eigenvalue weighted by Crippen LogP contribution is 2.44. The van der Waals surface area contributed by atoms with Crippen LogP contribution < -0.4 is 0 Å². The van der Waals surface area contributed by atoms with Crippen LogP contribution in [-0.2, 0) is 4.79 Å². The number of aldehydes is 1. The van der Waals surface area contributed by atoms with E-state index in [4.69, 9.17) is 0 Å². The molecular formula is C21H42O6. The molecular weight excluding hydrogens is 348 g/mol. The molecule has 0 rings (SSSR count). The lowest BCUT2D eigenvalue weighted by Gasteiger charge is -2.52. The molecule has 27 heavy (non-hydrogen) atoms. The van der Waals surface area contributed by atoms with Crippen LogP contribution in [0.4, 0.5) is 0 Å². The van der Waals surface area contributed by atoms with E-state index in [-0.39, 0.29) is 19.3 Å². The minimum atomic E-state index is -2.24. The Morgan fingerprint density at radius 1 is 0.778 bits per heavy atom. The molecule has 0 aromatic carbocycles. The number of aliphatic hydroxyl groups is 5. The summed E-state index contributed by atoms with van der Waals surface area (Å²) in [7, 11) is 0. The molecule has 0 aliphatic heterocycles. The minimum absolute atomic E-state index is 0.00119. The van der Waals surface area contributed by atoms with E-state index >= 15 is 0 Å². The van der Waals surface area contributed by atoms with Gasteiger partial charge >= 0.3 is 0 Å². The normalized spacial score (nSPS) is 19.7. The van der Waals surface area contributed by atoms with Gasteiger partial charge in [0.15, 0.2) is 11.9 Å². The zero-order valence-corrected chi connectivity index (χ0v) is 17.5. The van der Waals surface area contributed by atoms with Gasteiger partial charge in [-0.05, 0) is 19.3 Å². The summed E-state index contributed by atoms with van der Waals surface area (Å²) in [6.45, 7) is 5.20. The number of aliphatic hydroxyl groups excluding tert-OH is 2. The van der Waals surface area contributed by atoms with Gasteiger partial charge in [-0.1, -0.05) is 78.6 Å². The zero-order valence-electron chi connectivity index (χ0n) is 17.5. The van der Waals surface area contributed by atoms with Crippen LogP contribution >= 0.6 is 0 Å². The van der Waals surface area contributed by atoms with Crippen molar-refractivity contribution in [1.29, 1.82) is 0 Å². The van der Waals surface area contributed by atoms with Crippen molar-refractivity contribution in [2.45, 2.75) is 121 Å². The molecule has 6 heteroatoms.